The summed E-state index contributed by atoms with van der Waals surface area (Å²) in [4.78, 5) is 15.6. The maximum Gasteiger partial charge on any atom is 0.352 e. The fourth-order valence-corrected chi connectivity index (χ4v) is 2.57. The van der Waals surface area contributed by atoms with Crippen molar-refractivity contribution in [2.24, 2.45) is 0 Å². The van der Waals surface area contributed by atoms with Crippen LogP contribution in [0.25, 0.3) is 0 Å². The standard InChI is InChI=1S/C14H14N4O3S/c1-21-9-5-3-8(4-6-9)11-7-10(12(19)20)15-13-16-14(22-2)17-18(11)13/h3-7,11H,1-2H3,(H,19,20)(H,15,16,17)/t11-/m1/s1. The van der Waals surface area contributed by atoms with E-state index in [1.54, 1.807) is 17.9 Å². The van der Waals surface area contributed by atoms with Crippen molar-refractivity contribution >= 4 is 23.7 Å². The van der Waals surface area contributed by atoms with E-state index < -0.39 is 5.97 Å². The Kier molecular flexibility index (Phi) is 3.76. The van der Waals surface area contributed by atoms with Gasteiger partial charge >= 0.3 is 5.97 Å². The van der Waals surface area contributed by atoms with Gasteiger partial charge in [0.1, 0.15) is 17.5 Å². The van der Waals surface area contributed by atoms with Crippen LogP contribution in [-0.4, -0.2) is 39.2 Å². The van der Waals surface area contributed by atoms with Gasteiger partial charge in [-0.2, -0.15) is 4.98 Å². The van der Waals surface area contributed by atoms with Crippen LogP contribution in [0.1, 0.15) is 11.6 Å². The van der Waals surface area contributed by atoms with Gasteiger partial charge in [-0.25, -0.2) is 9.48 Å². The first-order valence-corrected chi connectivity index (χ1v) is 7.71. The van der Waals surface area contributed by atoms with Gasteiger partial charge in [-0.3, -0.25) is 0 Å². The average molecular weight is 318 g/mol. The predicted molar refractivity (Wildman–Crippen MR) is 82.3 cm³/mol. The molecule has 1 aromatic carbocycles. The lowest BCUT2D eigenvalue weighted by molar-refractivity contribution is -0.132. The van der Waals surface area contributed by atoms with Crippen LogP contribution >= 0.6 is 11.8 Å². The highest BCUT2D eigenvalue weighted by atomic mass is 32.2. The molecule has 22 heavy (non-hydrogen) atoms. The number of methoxy groups -OCH3 is 1. The Labute approximate surface area is 131 Å². The summed E-state index contributed by atoms with van der Waals surface area (Å²) >= 11 is 1.40. The third-order valence-electron chi connectivity index (χ3n) is 3.32. The molecule has 0 unspecified atom stereocenters. The lowest BCUT2D eigenvalue weighted by atomic mass is 10.0. The van der Waals surface area contributed by atoms with E-state index in [-0.39, 0.29) is 11.7 Å². The van der Waals surface area contributed by atoms with Crippen LogP contribution in [0.3, 0.4) is 0 Å². The lowest BCUT2D eigenvalue weighted by Crippen LogP contribution is -2.24. The third-order valence-corrected chi connectivity index (χ3v) is 3.85. The van der Waals surface area contributed by atoms with Gasteiger partial charge in [0.25, 0.3) is 0 Å². The molecule has 0 saturated carbocycles. The number of nitrogens with zero attached hydrogens (tertiary/aromatic N) is 3. The van der Waals surface area contributed by atoms with E-state index in [0.29, 0.717) is 11.1 Å². The van der Waals surface area contributed by atoms with Gasteiger partial charge in [-0.1, -0.05) is 23.9 Å². The number of nitrogens with one attached hydrogen (secondary N) is 1. The Morgan fingerprint density at radius 1 is 1.41 bits per heavy atom. The summed E-state index contributed by atoms with van der Waals surface area (Å²) in [5, 5.41) is 17.0. The summed E-state index contributed by atoms with van der Waals surface area (Å²) in [6.45, 7) is 0. The van der Waals surface area contributed by atoms with Crippen molar-refractivity contribution in [3.05, 3.63) is 41.6 Å². The number of hydrogen-bond acceptors (Lipinski definition) is 6. The third kappa shape index (κ3) is 2.52. The number of fused-ring (bicyclic) bond motifs is 1. The molecule has 0 saturated heterocycles. The van der Waals surface area contributed by atoms with Crippen molar-refractivity contribution in [1.29, 1.82) is 0 Å². The number of aromatic nitrogens is 3. The summed E-state index contributed by atoms with van der Waals surface area (Å²) in [6, 6.07) is 7.10. The summed E-state index contributed by atoms with van der Waals surface area (Å²) in [5.74, 6) is 0.132. The predicted octanol–water partition coefficient (Wildman–Crippen LogP) is 1.99. The molecule has 0 amide bonds. The maximum absolute atomic E-state index is 11.3. The Morgan fingerprint density at radius 2 is 2.14 bits per heavy atom. The number of aliphatic carboxylic acids is 1. The van der Waals surface area contributed by atoms with Crippen molar-refractivity contribution in [3.8, 4) is 5.75 Å². The van der Waals surface area contributed by atoms with Crippen LogP contribution in [0.15, 0.2) is 41.2 Å². The minimum atomic E-state index is -1.03. The second-order valence-electron chi connectivity index (χ2n) is 4.60. The number of carboxylic acid groups (broad SMARTS) is 1. The number of benzene rings is 1. The highest BCUT2D eigenvalue weighted by molar-refractivity contribution is 7.98. The molecular formula is C14H14N4O3S. The van der Waals surface area contributed by atoms with E-state index >= 15 is 0 Å². The van der Waals surface area contributed by atoms with Gasteiger partial charge < -0.3 is 15.2 Å². The summed E-state index contributed by atoms with van der Waals surface area (Å²) < 4.78 is 6.83. The number of ether oxygens (including phenoxy) is 1. The molecule has 2 aromatic rings. The molecular weight excluding hydrogens is 304 g/mol. The minimum Gasteiger partial charge on any atom is -0.497 e. The van der Waals surface area contributed by atoms with E-state index in [9.17, 15) is 9.90 Å². The lowest BCUT2D eigenvalue weighted by Gasteiger charge is -2.22. The van der Waals surface area contributed by atoms with Crippen molar-refractivity contribution < 1.29 is 14.6 Å². The molecule has 1 atom stereocenters. The molecule has 8 heteroatoms. The van der Waals surface area contributed by atoms with Gasteiger partial charge in [-0.15, -0.1) is 5.10 Å². The SMILES string of the molecule is COc1ccc([C@H]2C=C(C(=O)O)Nc3nc(SC)nn32)cc1. The highest BCUT2D eigenvalue weighted by Gasteiger charge is 2.27. The zero-order valence-corrected chi connectivity index (χ0v) is 12.8. The molecule has 0 spiro atoms. The molecule has 0 bridgehead atoms. The zero-order valence-electron chi connectivity index (χ0n) is 12.0. The topological polar surface area (TPSA) is 89.3 Å². The van der Waals surface area contributed by atoms with E-state index in [1.165, 1.54) is 11.8 Å². The Balaban J connectivity index is 2.06. The van der Waals surface area contributed by atoms with Crippen molar-refractivity contribution in [1.82, 2.24) is 14.8 Å². The summed E-state index contributed by atoms with van der Waals surface area (Å²) in [6.07, 6.45) is 3.49. The average Bonchev–Trinajstić information content (AvgIpc) is 2.97. The number of carboxylic acids is 1. The van der Waals surface area contributed by atoms with Crippen molar-refractivity contribution in [2.45, 2.75) is 11.2 Å². The smallest absolute Gasteiger partial charge is 0.352 e. The normalized spacial score (nSPS) is 16.5. The van der Waals surface area contributed by atoms with Crippen LogP contribution in [0, 0.1) is 0 Å². The molecule has 1 aromatic heterocycles. The molecule has 114 valence electrons. The maximum atomic E-state index is 11.3. The van der Waals surface area contributed by atoms with Crippen LogP contribution in [-0.2, 0) is 4.79 Å². The number of hydrogen-bond donors (Lipinski definition) is 2. The first-order valence-electron chi connectivity index (χ1n) is 6.49. The molecule has 2 N–H and O–H groups in total. The first-order chi connectivity index (χ1) is 10.6. The zero-order chi connectivity index (χ0) is 15.7. The van der Waals surface area contributed by atoms with Crippen LogP contribution in [0.2, 0.25) is 0 Å². The van der Waals surface area contributed by atoms with Gasteiger partial charge in [0, 0.05) is 0 Å². The highest BCUT2D eigenvalue weighted by Crippen LogP contribution is 2.31. The van der Waals surface area contributed by atoms with Crippen molar-refractivity contribution in [3.63, 3.8) is 0 Å². The fraction of sp³-hybridized carbons (Fsp3) is 0.214. The molecule has 1 aliphatic rings. The number of thioether (sulfide) groups is 1. The van der Waals surface area contributed by atoms with E-state index in [1.807, 2.05) is 30.5 Å². The van der Waals surface area contributed by atoms with E-state index in [0.717, 1.165) is 11.3 Å². The van der Waals surface area contributed by atoms with Crippen LogP contribution < -0.4 is 10.1 Å². The molecule has 7 nitrogen and oxygen atoms in total. The first kappa shape index (κ1) is 14.5. The molecule has 0 aliphatic carbocycles. The van der Waals surface area contributed by atoms with Gasteiger partial charge in [-0.05, 0) is 30.0 Å². The number of carbonyl (C=O) groups is 1. The Hall–Kier alpha value is -2.48. The van der Waals surface area contributed by atoms with Crippen molar-refractivity contribution in [2.75, 3.05) is 18.7 Å². The quantitative estimate of drug-likeness (QED) is 0.833. The van der Waals surface area contributed by atoms with Crippen LogP contribution in [0.5, 0.6) is 5.75 Å². The second kappa shape index (κ2) is 5.72. The van der Waals surface area contributed by atoms with E-state index in [2.05, 4.69) is 15.4 Å². The van der Waals surface area contributed by atoms with E-state index in [4.69, 9.17) is 4.74 Å². The molecule has 3 rings (SSSR count). The van der Waals surface area contributed by atoms with Gasteiger partial charge in [0.2, 0.25) is 11.1 Å². The van der Waals surface area contributed by atoms with Crippen LogP contribution in [0.4, 0.5) is 5.95 Å². The second-order valence-corrected chi connectivity index (χ2v) is 5.37. The Bertz CT molecular complexity index is 739. The largest absolute Gasteiger partial charge is 0.497 e. The molecule has 1 aliphatic heterocycles. The number of anilines is 1. The summed E-state index contributed by atoms with van der Waals surface area (Å²) in [5.41, 5.74) is 0.994. The number of rotatable bonds is 4. The number of allylic oxidation sites excluding steroid dienone is 1. The molecule has 0 radical (unpaired) electrons. The summed E-state index contributed by atoms with van der Waals surface area (Å²) in [7, 11) is 1.60. The molecule has 2 heterocycles. The van der Waals surface area contributed by atoms with Gasteiger partial charge in [0.15, 0.2) is 0 Å². The fourth-order valence-electron chi connectivity index (χ4n) is 2.22. The monoisotopic (exact) mass is 318 g/mol. The minimum absolute atomic E-state index is 0.0911. The molecule has 0 fully saturated rings. The van der Waals surface area contributed by atoms with Gasteiger partial charge in [0.05, 0.1) is 7.11 Å². The Morgan fingerprint density at radius 3 is 2.73 bits per heavy atom.